The molecule has 0 spiro atoms. The normalized spacial score (nSPS) is 20.0. The van der Waals surface area contributed by atoms with Crippen molar-refractivity contribution < 1.29 is 14.0 Å². The summed E-state index contributed by atoms with van der Waals surface area (Å²) in [7, 11) is 0. The van der Waals surface area contributed by atoms with E-state index in [1.807, 2.05) is 11.8 Å². The first-order valence-electron chi connectivity index (χ1n) is 8.21. The molecule has 2 rings (SSSR count). The molecule has 3 atom stereocenters. The quantitative estimate of drug-likeness (QED) is 0.825. The van der Waals surface area contributed by atoms with Crippen molar-refractivity contribution in [2.45, 2.75) is 39.2 Å². The van der Waals surface area contributed by atoms with Gasteiger partial charge in [-0.1, -0.05) is 19.1 Å². The van der Waals surface area contributed by atoms with E-state index >= 15 is 0 Å². The summed E-state index contributed by atoms with van der Waals surface area (Å²) in [6, 6.07) is 5.68. The minimum atomic E-state index is -0.458. The van der Waals surface area contributed by atoms with Gasteiger partial charge in [0.2, 0.25) is 5.91 Å². The molecule has 0 aliphatic carbocycles. The molecule has 1 aromatic rings. The van der Waals surface area contributed by atoms with Crippen LogP contribution in [0.5, 0.6) is 0 Å². The van der Waals surface area contributed by atoms with Gasteiger partial charge in [-0.3, -0.25) is 9.59 Å². The number of carbonyl (C=O) groups is 2. The molecule has 0 bridgehead atoms. The van der Waals surface area contributed by atoms with Gasteiger partial charge in [-0.2, -0.15) is 0 Å². The number of ketones is 1. The highest BCUT2D eigenvalue weighted by molar-refractivity contribution is 5.99. The molecule has 1 amide bonds. The Morgan fingerprint density at radius 2 is 2.08 bits per heavy atom. The highest BCUT2D eigenvalue weighted by Gasteiger charge is 2.28. The van der Waals surface area contributed by atoms with E-state index in [9.17, 15) is 14.0 Å². The van der Waals surface area contributed by atoms with Gasteiger partial charge in [-0.15, -0.1) is 12.4 Å². The van der Waals surface area contributed by atoms with Crippen LogP contribution in [0.4, 0.5) is 4.39 Å². The number of amides is 1. The number of hydrogen-bond acceptors (Lipinski definition) is 3. The summed E-state index contributed by atoms with van der Waals surface area (Å²) >= 11 is 0. The summed E-state index contributed by atoms with van der Waals surface area (Å²) in [5.74, 6) is -0.793. The zero-order valence-corrected chi connectivity index (χ0v) is 15.0. The summed E-state index contributed by atoms with van der Waals surface area (Å²) in [6.07, 6.45) is 2.14. The van der Waals surface area contributed by atoms with Crippen molar-refractivity contribution in [1.29, 1.82) is 0 Å². The van der Waals surface area contributed by atoms with Crippen LogP contribution in [0, 0.1) is 17.7 Å². The summed E-state index contributed by atoms with van der Waals surface area (Å²) in [4.78, 5) is 26.6. The predicted octanol–water partition coefficient (Wildman–Crippen LogP) is 3.04. The van der Waals surface area contributed by atoms with E-state index in [2.05, 4.69) is 0 Å². The highest BCUT2D eigenvalue weighted by atomic mass is 35.5. The third kappa shape index (κ3) is 5.28. The minimum absolute atomic E-state index is 0. The van der Waals surface area contributed by atoms with E-state index in [4.69, 9.17) is 5.73 Å². The van der Waals surface area contributed by atoms with E-state index in [-0.39, 0.29) is 36.6 Å². The smallest absolute Gasteiger partial charge is 0.223 e. The molecule has 0 saturated carbocycles. The van der Waals surface area contributed by atoms with Gasteiger partial charge in [-0.05, 0) is 37.8 Å². The van der Waals surface area contributed by atoms with Crippen LogP contribution in [-0.4, -0.2) is 35.7 Å². The van der Waals surface area contributed by atoms with Crippen LogP contribution in [0.3, 0.4) is 0 Å². The fourth-order valence-corrected chi connectivity index (χ4v) is 3.08. The molecular weight excluding hydrogens is 331 g/mol. The average Bonchev–Trinajstić information content (AvgIpc) is 2.54. The lowest BCUT2D eigenvalue weighted by Gasteiger charge is -2.35. The molecule has 1 aliphatic heterocycles. The highest BCUT2D eigenvalue weighted by Crippen LogP contribution is 2.21. The van der Waals surface area contributed by atoms with Crippen LogP contribution in [0.15, 0.2) is 24.3 Å². The van der Waals surface area contributed by atoms with Crippen molar-refractivity contribution in [3.8, 4) is 0 Å². The van der Waals surface area contributed by atoms with E-state index in [1.54, 1.807) is 13.0 Å². The van der Waals surface area contributed by atoms with Crippen molar-refractivity contribution in [3.05, 3.63) is 35.6 Å². The second-order valence-electron chi connectivity index (χ2n) is 6.58. The van der Waals surface area contributed by atoms with Crippen LogP contribution in [0.2, 0.25) is 0 Å². The molecule has 1 fully saturated rings. The first-order valence-corrected chi connectivity index (χ1v) is 8.21. The Hall–Kier alpha value is -1.46. The van der Waals surface area contributed by atoms with E-state index < -0.39 is 11.7 Å². The SMILES string of the molecule is CC(CC(=O)N1CCCC(C(C)N)C1)C(=O)c1cccc(F)c1.Cl. The second kappa shape index (κ2) is 9.14. The van der Waals surface area contributed by atoms with Gasteiger partial charge in [0.15, 0.2) is 5.78 Å². The van der Waals surface area contributed by atoms with Gasteiger partial charge in [0.1, 0.15) is 5.82 Å². The number of halogens is 2. The number of carbonyl (C=O) groups excluding carboxylic acids is 2. The van der Waals surface area contributed by atoms with Gasteiger partial charge in [-0.25, -0.2) is 4.39 Å². The molecule has 1 saturated heterocycles. The third-order valence-electron chi connectivity index (χ3n) is 4.59. The number of rotatable bonds is 5. The maximum absolute atomic E-state index is 13.2. The van der Waals surface area contributed by atoms with Crippen LogP contribution in [0.25, 0.3) is 0 Å². The number of Topliss-reactive ketones (excluding diaryl/α,β-unsaturated/α-hetero) is 1. The molecule has 134 valence electrons. The molecule has 1 aliphatic rings. The fourth-order valence-electron chi connectivity index (χ4n) is 3.08. The lowest BCUT2D eigenvalue weighted by atomic mass is 9.91. The predicted molar refractivity (Wildman–Crippen MR) is 94.7 cm³/mol. The first kappa shape index (κ1) is 20.6. The fraction of sp³-hybridized carbons (Fsp3) is 0.556. The topological polar surface area (TPSA) is 63.4 Å². The Balaban J connectivity index is 0.00000288. The average molecular weight is 357 g/mol. The minimum Gasteiger partial charge on any atom is -0.342 e. The number of nitrogens with two attached hydrogens (primary N) is 1. The molecule has 6 heteroatoms. The van der Waals surface area contributed by atoms with Gasteiger partial charge in [0.25, 0.3) is 0 Å². The Kier molecular flexibility index (Phi) is 7.84. The van der Waals surface area contributed by atoms with Crippen molar-refractivity contribution >= 4 is 24.1 Å². The Morgan fingerprint density at radius 1 is 1.38 bits per heavy atom. The molecule has 0 radical (unpaired) electrons. The lowest BCUT2D eigenvalue weighted by Crippen LogP contribution is -2.45. The van der Waals surface area contributed by atoms with Crippen molar-refractivity contribution in [2.75, 3.05) is 13.1 Å². The van der Waals surface area contributed by atoms with Crippen molar-refractivity contribution in [3.63, 3.8) is 0 Å². The van der Waals surface area contributed by atoms with Gasteiger partial charge >= 0.3 is 0 Å². The molecule has 4 nitrogen and oxygen atoms in total. The van der Waals surface area contributed by atoms with Gasteiger partial charge in [0, 0.05) is 37.0 Å². The maximum atomic E-state index is 13.2. The maximum Gasteiger partial charge on any atom is 0.223 e. The van der Waals surface area contributed by atoms with E-state index in [0.717, 1.165) is 19.4 Å². The van der Waals surface area contributed by atoms with E-state index in [1.165, 1.54) is 18.2 Å². The summed E-state index contributed by atoms with van der Waals surface area (Å²) in [5, 5.41) is 0. The second-order valence-corrected chi connectivity index (χ2v) is 6.58. The van der Waals surface area contributed by atoms with Crippen molar-refractivity contribution in [1.82, 2.24) is 4.90 Å². The van der Waals surface area contributed by atoms with Crippen LogP contribution in [0.1, 0.15) is 43.5 Å². The zero-order chi connectivity index (χ0) is 17.0. The van der Waals surface area contributed by atoms with Crippen LogP contribution >= 0.6 is 12.4 Å². The monoisotopic (exact) mass is 356 g/mol. The Labute approximate surface area is 149 Å². The Morgan fingerprint density at radius 3 is 2.71 bits per heavy atom. The molecule has 1 heterocycles. The lowest BCUT2D eigenvalue weighted by molar-refractivity contribution is -0.133. The standard InChI is InChI=1S/C18H25FN2O2.ClH/c1-12(18(23)14-5-3-7-16(19)10-14)9-17(22)21-8-4-6-15(11-21)13(2)20;/h3,5,7,10,12-13,15H,4,6,8-9,11,20H2,1-2H3;1H. The van der Waals surface area contributed by atoms with Gasteiger partial charge in [0.05, 0.1) is 0 Å². The van der Waals surface area contributed by atoms with Crippen molar-refractivity contribution in [2.24, 2.45) is 17.6 Å². The third-order valence-corrected chi connectivity index (χ3v) is 4.59. The van der Waals surface area contributed by atoms with Crippen LogP contribution < -0.4 is 5.73 Å². The van der Waals surface area contributed by atoms with Crippen LogP contribution in [-0.2, 0) is 4.79 Å². The molecule has 24 heavy (non-hydrogen) atoms. The molecular formula is C18H26ClFN2O2. The first-order chi connectivity index (χ1) is 10.9. The number of nitrogens with zero attached hydrogens (tertiary/aromatic N) is 1. The summed E-state index contributed by atoms with van der Waals surface area (Å²) in [5.41, 5.74) is 6.26. The zero-order valence-electron chi connectivity index (χ0n) is 14.2. The Bertz CT molecular complexity index is 580. The molecule has 2 N–H and O–H groups in total. The molecule has 1 aromatic carbocycles. The number of benzene rings is 1. The number of piperidine rings is 1. The van der Waals surface area contributed by atoms with E-state index in [0.29, 0.717) is 18.0 Å². The summed E-state index contributed by atoms with van der Waals surface area (Å²) < 4.78 is 13.2. The molecule has 3 unspecified atom stereocenters. The van der Waals surface area contributed by atoms with Gasteiger partial charge < -0.3 is 10.6 Å². The number of hydrogen-bond donors (Lipinski definition) is 1. The molecule has 0 aromatic heterocycles. The number of likely N-dealkylation sites (tertiary alicyclic amines) is 1. The summed E-state index contributed by atoms with van der Waals surface area (Å²) in [6.45, 7) is 5.08. The largest absolute Gasteiger partial charge is 0.342 e.